The Bertz CT molecular complexity index is 756. The zero-order valence-corrected chi connectivity index (χ0v) is 13.8. The molecule has 126 valence electrons. The molecule has 1 saturated heterocycles. The van der Waals surface area contributed by atoms with E-state index in [2.05, 4.69) is 22.3 Å². The number of rotatable bonds is 2. The van der Waals surface area contributed by atoms with Gasteiger partial charge in [0.25, 0.3) is 5.91 Å². The molecule has 4 rings (SSSR count). The van der Waals surface area contributed by atoms with Crippen molar-refractivity contribution in [1.82, 2.24) is 15.1 Å². The maximum atomic E-state index is 13.1. The number of hydrogen-bond donors (Lipinski definition) is 0. The number of aryl methyl sites for hydroxylation is 3. The maximum absolute atomic E-state index is 13.1. The molecule has 2 heterocycles. The lowest BCUT2D eigenvalue weighted by Crippen LogP contribution is -2.43. The maximum Gasteiger partial charge on any atom is 0.254 e. The quantitative estimate of drug-likeness (QED) is 0.847. The predicted molar refractivity (Wildman–Crippen MR) is 86.7 cm³/mol. The predicted octanol–water partition coefficient (Wildman–Crippen LogP) is 2.47. The molecule has 1 aromatic carbocycles. The smallest absolute Gasteiger partial charge is 0.254 e. The molecule has 1 atom stereocenters. The third kappa shape index (κ3) is 2.82. The van der Waals surface area contributed by atoms with E-state index in [4.69, 9.17) is 9.15 Å². The number of aromatic nitrogens is 2. The van der Waals surface area contributed by atoms with Crippen molar-refractivity contribution >= 4 is 5.91 Å². The van der Waals surface area contributed by atoms with E-state index in [1.807, 2.05) is 6.07 Å². The van der Waals surface area contributed by atoms with Crippen LogP contribution in [0, 0.1) is 6.92 Å². The summed E-state index contributed by atoms with van der Waals surface area (Å²) in [6, 6.07) is 5.79. The van der Waals surface area contributed by atoms with Crippen molar-refractivity contribution in [1.29, 1.82) is 0 Å². The summed E-state index contributed by atoms with van der Waals surface area (Å²) in [5, 5.41) is 7.95. The van der Waals surface area contributed by atoms with Crippen LogP contribution in [-0.4, -0.2) is 40.8 Å². The van der Waals surface area contributed by atoms with Crippen LogP contribution in [-0.2, 0) is 17.6 Å². The van der Waals surface area contributed by atoms with Crippen molar-refractivity contribution in [2.24, 2.45) is 0 Å². The third-order valence-corrected chi connectivity index (χ3v) is 4.81. The highest BCUT2D eigenvalue weighted by molar-refractivity contribution is 5.94. The summed E-state index contributed by atoms with van der Waals surface area (Å²) in [7, 11) is 0. The number of carbonyl (C=O) groups is 1. The Morgan fingerprint density at radius 2 is 2.04 bits per heavy atom. The highest BCUT2D eigenvalue weighted by Crippen LogP contribution is 2.27. The first-order chi connectivity index (χ1) is 11.7. The molecule has 1 fully saturated rings. The van der Waals surface area contributed by atoms with Gasteiger partial charge in [-0.15, -0.1) is 10.2 Å². The number of amides is 1. The normalized spacial score (nSPS) is 20.7. The van der Waals surface area contributed by atoms with Crippen LogP contribution in [0.1, 0.15) is 52.1 Å². The molecule has 0 spiro atoms. The largest absolute Gasteiger partial charge is 0.423 e. The van der Waals surface area contributed by atoms with Gasteiger partial charge in [-0.2, -0.15) is 0 Å². The van der Waals surface area contributed by atoms with Gasteiger partial charge in [0.1, 0.15) is 6.04 Å². The summed E-state index contributed by atoms with van der Waals surface area (Å²) >= 11 is 0. The fourth-order valence-electron chi connectivity index (χ4n) is 3.53. The van der Waals surface area contributed by atoms with Crippen LogP contribution in [0.3, 0.4) is 0 Å². The lowest BCUT2D eigenvalue weighted by Gasteiger charge is -2.33. The molecule has 24 heavy (non-hydrogen) atoms. The Hall–Kier alpha value is -2.21. The van der Waals surface area contributed by atoms with Crippen LogP contribution in [0.2, 0.25) is 0 Å². The Morgan fingerprint density at radius 3 is 2.83 bits per heavy atom. The van der Waals surface area contributed by atoms with E-state index >= 15 is 0 Å². The standard InChI is InChI=1S/C18H21N3O3/c1-12-19-20-17(24-12)16-11-23-9-8-21(16)18(22)15-7-6-13-4-2-3-5-14(13)10-15/h6-7,10,16H,2-5,8-9,11H2,1H3. The average molecular weight is 327 g/mol. The van der Waals surface area contributed by atoms with Gasteiger partial charge in [-0.3, -0.25) is 4.79 Å². The number of morpholine rings is 1. The van der Waals surface area contributed by atoms with E-state index in [-0.39, 0.29) is 11.9 Å². The minimum absolute atomic E-state index is 0.00697. The summed E-state index contributed by atoms with van der Waals surface area (Å²) in [6.45, 7) is 3.19. The second-order valence-electron chi connectivity index (χ2n) is 6.44. The van der Waals surface area contributed by atoms with E-state index in [0.29, 0.717) is 31.5 Å². The Labute approximate surface area is 140 Å². The van der Waals surface area contributed by atoms with Gasteiger partial charge in [0.15, 0.2) is 0 Å². The van der Waals surface area contributed by atoms with Crippen molar-refractivity contribution in [2.75, 3.05) is 19.8 Å². The number of hydrogen-bond acceptors (Lipinski definition) is 5. The summed E-state index contributed by atoms with van der Waals surface area (Å²) in [5.41, 5.74) is 3.42. The van der Waals surface area contributed by atoms with Crippen LogP contribution < -0.4 is 0 Å². The van der Waals surface area contributed by atoms with E-state index in [1.54, 1.807) is 11.8 Å². The van der Waals surface area contributed by atoms with Crippen molar-refractivity contribution in [3.05, 3.63) is 46.7 Å². The molecule has 6 heteroatoms. The molecule has 0 radical (unpaired) electrons. The minimum Gasteiger partial charge on any atom is -0.423 e. The van der Waals surface area contributed by atoms with Gasteiger partial charge < -0.3 is 14.1 Å². The minimum atomic E-state index is -0.316. The molecule has 2 aromatic rings. The van der Waals surface area contributed by atoms with Crippen LogP contribution in [0.4, 0.5) is 0 Å². The van der Waals surface area contributed by atoms with Gasteiger partial charge >= 0.3 is 0 Å². The number of benzene rings is 1. The number of ether oxygens (including phenoxy) is 1. The summed E-state index contributed by atoms with van der Waals surface area (Å²) in [5.74, 6) is 0.947. The van der Waals surface area contributed by atoms with Crippen LogP contribution in [0.25, 0.3) is 0 Å². The lowest BCUT2D eigenvalue weighted by atomic mass is 9.90. The SMILES string of the molecule is Cc1nnc(C2COCCN2C(=O)c2ccc3c(c2)CCCC3)o1. The molecule has 1 unspecified atom stereocenters. The van der Waals surface area contributed by atoms with Crippen LogP contribution in [0.15, 0.2) is 22.6 Å². The Morgan fingerprint density at radius 1 is 1.21 bits per heavy atom. The molecule has 1 aliphatic heterocycles. The van der Waals surface area contributed by atoms with Gasteiger partial charge in [-0.25, -0.2) is 0 Å². The summed E-state index contributed by atoms with van der Waals surface area (Å²) < 4.78 is 11.1. The van der Waals surface area contributed by atoms with E-state index in [1.165, 1.54) is 24.0 Å². The van der Waals surface area contributed by atoms with Gasteiger partial charge in [0.05, 0.1) is 13.2 Å². The first-order valence-electron chi connectivity index (χ1n) is 8.53. The van der Waals surface area contributed by atoms with E-state index < -0.39 is 0 Å². The van der Waals surface area contributed by atoms with E-state index in [9.17, 15) is 4.79 Å². The molecular formula is C18H21N3O3. The molecule has 1 aliphatic carbocycles. The van der Waals surface area contributed by atoms with Gasteiger partial charge in [-0.1, -0.05) is 6.07 Å². The highest BCUT2D eigenvalue weighted by atomic mass is 16.5. The van der Waals surface area contributed by atoms with Gasteiger partial charge in [-0.05, 0) is 48.9 Å². The van der Waals surface area contributed by atoms with Crippen molar-refractivity contribution < 1.29 is 13.9 Å². The molecule has 1 amide bonds. The lowest BCUT2D eigenvalue weighted by molar-refractivity contribution is -0.0106. The Kier molecular flexibility index (Phi) is 4.06. The molecule has 0 bridgehead atoms. The monoisotopic (exact) mass is 327 g/mol. The van der Waals surface area contributed by atoms with Crippen molar-refractivity contribution in [2.45, 2.75) is 38.6 Å². The molecule has 1 aromatic heterocycles. The zero-order chi connectivity index (χ0) is 16.5. The van der Waals surface area contributed by atoms with Crippen molar-refractivity contribution in [3.8, 4) is 0 Å². The van der Waals surface area contributed by atoms with Gasteiger partial charge in [0.2, 0.25) is 11.8 Å². The third-order valence-electron chi connectivity index (χ3n) is 4.81. The number of nitrogens with zero attached hydrogens (tertiary/aromatic N) is 3. The Balaban J connectivity index is 1.62. The fourth-order valence-corrected chi connectivity index (χ4v) is 3.53. The average Bonchev–Trinajstić information content (AvgIpc) is 3.07. The van der Waals surface area contributed by atoms with Crippen molar-refractivity contribution in [3.63, 3.8) is 0 Å². The molecule has 6 nitrogen and oxygen atoms in total. The molecule has 2 aliphatic rings. The van der Waals surface area contributed by atoms with E-state index in [0.717, 1.165) is 18.4 Å². The van der Waals surface area contributed by atoms with Crippen LogP contribution >= 0.6 is 0 Å². The fraction of sp³-hybridized carbons (Fsp3) is 0.500. The molecule has 0 saturated carbocycles. The second kappa shape index (κ2) is 6.36. The second-order valence-corrected chi connectivity index (χ2v) is 6.44. The number of carbonyl (C=O) groups excluding carboxylic acids is 1. The number of fused-ring (bicyclic) bond motifs is 1. The molecule has 0 N–H and O–H groups in total. The first-order valence-corrected chi connectivity index (χ1v) is 8.53. The summed E-state index contributed by atoms with van der Waals surface area (Å²) in [6.07, 6.45) is 4.62. The topological polar surface area (TPSA) is 68.5 Å². The zero-order valence-electron chi connectivity index (χ0n) is 13.8. The molecular weight excluding hydrogens is 306 g/mol. The van der Waals surface area contributed by atoms with Crippen LogP contribution in [0.5, 0.6) is 0 Å². The van der Waals surface area contributed by atoms with Gasteiger partial charge in [0, 0.05) is 19.0 Å². The highest BCUT2D eigenvalue weighted by Gasteiger charge is 2.33. The first kappa shape index (κ1) is 15.3. The summed E-state index contributed by atoms with van der Waals surface area (Å²) in [4.78, 5) is 14.8.